The van der Waals surface area contributed by atoms with Gasteiger partial charge in [0.1, 0.15) is 0 Å². The third-order valence-electron chi connectivity index (χ3n) is 6.18. The zero-order chi connectivity index (χ0) is 19.7. The molecule has 2 aliphatic heterocycles. The summed E-state index contributed by atoms with van der Waals surface area (Å²) in [6.45, 7) is 8.51. The molecule has 0 unspecified atom stereocenters. The van der Waals surface area contributed by atoms with Crippen LogP contribution in [-0.4, -0.2) is 55.1 Å². The van der Waals surface area contributed by atoms with E-state index in [4.69, 9.17) is 0 Å². The van der Waals surface area contributed by atoms with Crippen molar-refractivity contribution in [3.63, 3.8) is 0 Å². The van der Waals surface area contributed by atoms with Crippen molar-refractivity contribution in [1.82, 2.24) is 29.5 Å². The van der Waals surface area contributed by atoms with Crippen LogP contribution in [0.1, 0.15) is 48.3 Å². The van der Waals surface area contributed by atoms with Gasteiger partial charge in [0.25, 0.3) is 0 Å². The van der Waals surface area contributed by atoms with Crippen molar-refractivity contribution in [3.8, 4) is 0 Å². The van der Waals surface area contributed by atoms with Crippen molar-refractivity contribution in [1.29, 1.82) is 0 Å². The fraction of sp³-hybridized carbons (Fsp3) is 0.619. The van der Waals surface area contributed by atoms with Gasteiger partial charge in [0, 0.05) is 56.5 Å². The average molecular weight is 383 g/mol. The summed E-state index contributed by atoms with van der Waals surface area (Å²) in [5, 5.41) is 4.48. The van der Waals surface area contributed by atoms with Gasteiger partial charge in [0.2, 0.25) is 5.91 Å². The summed E-state index contributed by atoms with van der Waals surface area (Å²) in [5.74, 6) is 0.244. The lowest BCUT2D eigenvalue weighted by Gasteiger charge is -2.48. The summed E-state index contributed by atoms with van der Waals surface area (Å²) in [7, 11) is 1.98. The summed E-state index contributed by atoms with van der Waals surface area (Å²) in [6, 6.07) is 0. The minimum absolute atomic E-state index is 0.195. The molecule has 2 aromatic heterocycles. The minimum atomic E-state index is 0.195. The Hall–Kier alpha value is -2.28. The molecular weight excluding hydrogens is 352 g/mol. The molecule has 1 spiro atoms. The fourth-order valence-electron chi connectivity index (χ4n) is 4.77. The van der Waals surface area contributed by atoms with Crippen molar-refractivity contribution in [3.05, 3.63) is 41.2 Å². The first-order valence-electron chi connectivity index (χ1n) is 10.2. The topological polar surface area (TPSA) is 67.2 Å². The number of hydrogen-bond acceptors (Lipinski definition) is 5. The Labute approximate surface area is 166 Å². The molecule has 2 saturated heterocycles. The van der Waals surface area contributed by atoms with E-state index in [1.165, 1.54) is 18.4 Å². The molecule has 4 heterocycles. The van der Waals surface area contributed by atoms with Crippen molar-refractivity contribution < 1.29 is 4.79 Å². The Balaban J connectivity index is 1.44. The van der Waals surface area contributed by atoms with E-state index in [0.717, 1.165) is 49.7 Å². The van der Waals surface area contributed by atoms with Crippen LogP contribution in [0.2, 0.25) is 0 Å². The van der Waals surface area contributed by atoms with E-state index in [1.807, 2.05) is 23.6 Å². The molecule has 0 saturated carbocycles. The molecule has 0 bridgehead atoms. The van der Waals surface area contributed by atoms with E-state index in [9.17, 15) is 4.79 Å². The quantitative estimate of drug-likeness (QED) is 0.811. The third kappa shape index (κ3) is 4.09. The van der Waals surface area contributed by atoms with Crippen LogP contribution in [0.3, 0.4) is 0 Å². The second-order valence-electron chi connectivity index (χ2n) is 8.63. The first-order chi connectivity index (χ1) is 13.4. The Morgan fingerprint density at radius 3 is 2.68 bits per heavy atom. The first kappa shape index (κ1) is 19.1. The van der Waals surface area contributed by atoms with E-state index in [1.54, 1.807) is 12.4 Å². The molecule has 0 aliphatic carbocycles. The van der Waals surface area contributed by atoms with Crippen LogP contribution < -0.4 is 0 Å². The second-order valence-corrected chi connectivity index (χ2v) is 8.63. The normalized spacial score (nSPS) is 23.5. The number of amides is 1. The van der Waals surface area contributed by atoms with E-state index in [-0.39, 0.29) is 11.3 Å². The fourth-order valence-corrected chi connectivity index (χ4v) is 4.77. The lowest BCUT2D eigenvalue weighted by molar-refractivity contribution is -0.140. The average Bonchev–Trinajstić information content (AvgIpc) is 2.97. The van der Waals surface area contributed by atoms with Crippen LogP contribution >= 0.6 is 0 Å². The van der Waals surface area contributed by atoms with Gasteiger partial charge in [-0.15, -0.1) is 0 Å². The van der Waals surface area contributed by atoms with E-state index in [0.29, 0.717) is 13.0 Å². The predicted molar refractivity (Wildman–Crippen MR) is 106 cm³/mol. The number of piperidine rings is 2. The number of hydrogen-bond donors (Lipinski definition) is 0. The maximum atomic E-state index is 12.6. The number of carbonyl (C=O) groups excluding carboxylic acids is 1. The molecule has 0 N–H and O–H groups in total. The Kier molecular flexibility index (Phi) is 5.19. The van der Waals surface area contributed by atoms with Crippen molar-refractivity contribution in [2.24, 2.45) is 12.5 Å². The summed E-state index contributed by atoms with van der Waals surface area (Å²) in [5.41, 5.74) is 4.38. The monoisotopic (exact) mass is 382 g/mol. The SMILES string of the molecule is Cc1cnc(CN2C[C@]3(CCCN(Cc4cn(C)nc4C)C3)CCC2=O)cn1. The van der Waals surface area contributed by atoms with Gasteiger partial charge >= 0.3 is 0 Å². The minimum Gasteiger partial charge on any atom is -0.336 e. The maximum absolute atomic E-state index is 12.6. The molecule has 28 heavy (non-hydrogen) atoms. The lowest BCUT2D eigenvalue weighted by Crippen LogP contribution is -2.53. The van der Waals surface area contributed by atoms with Crippen molar-refractivity contribution in [2.45, 2.75) is 52.6 Å². The van der Waals surface area contributed by atoms with Gasteiger partial charge in [-0.25, -0.2) is 0 Å². The van der Waals surface area contributed by atoms with Crippen LogP contribution in [0.25, 0.3) is 0 Å². The number of nitrogens with zero attached hydrogens (tertiary/aromatic N) is 6. The Morgan fingerprint density at radius 1 is 1.11 bits per heavy atom. The third-order valence-corrected chi connectivity index (χ3v) is 6.18. The molecule has 0 radical (unpaired) electrons. The highest BCUT2D eigenvalue weighted by atomic mass is 16.2. The van der Waals surface area contributed by atoms with E-state index in [2.05, 4.69) is 33.1 Å². The largest absolute Gasteiger partial charge is 0.336 e. The Bertz CT molecular complexity index is 845. The van der Waals surface area contributed by atoms with Gasteiger partial charge in [-0.1, -0.05) is 0 Å². The van der Waals surface area contributed by atoms with Gasteiger partial charge in [0.15, 0.2) is 0 Å². The molecule has 4 rings (SSSR count). The number of likely N-dealkylation sites (tertiary alicyclic amines) is 2. The van der Waals surface area contributed by atoms with E-state index >= 15 is 0 Å². The highest BCUT2D eigenvalue weighted by Crippen LogP contribution is 2.39. The number of aromatic nitrogens is 4. The predicted octanol–water partition coefficient (Wildman–Crippen LogP) is 2.23. The highest BCUT2D eigenvalue weighted by molar-refractivity contribution is 5.77. The summed E-state index contributed by atoms with van der Waals surface area (Å²) >= 11 is 0. The van der Waals surface area contributed by atoms with Gasteiger partial charge in [-0.05, 0) is 39.7 Å². The highest BCUT2D eigenvalue weighted by Gasteiger charge is 2.41. The summed E-state index contributed by atoms with van der Waals surface area (Å²) < 4.78 is 1.90. The molecule has 2 aliphatic rings. The molecule has 7 nitrogen and oxygen atoms in total. The standard InChI is InChI=1S/C21H30N6O/c1-16-9-23-19(10-22-16)13-27-15-21(7-5-20(27)28)6-4-8-26(14-21)12-18-11-25(3)24-17(18)2/h9-11H,4-8,12-15H2,1-3H3/t21-/m1/s1. The molecule has 150 valence electrons. The van der Waals surface area contributed by atoms with Gasteiger partial charge in [-0.2, -0.15) is 5.10 Å². The summed E-state index contributed by atoms with van der Waals surface area (Å²) in [4.78, 5) is 25.9. The van der Waals surface area contributed by atoms with Crippen LogP contribution in [0.4, 0.5) is 0 Å². The maximum Gasteiger partial charge on any atom is 0.222 e. The molecule has 1 amide bonds. The van der Waals surface area contributed by atoms with Crippen LogP contribution in [0, 0.1) is 19.3 Å². The molecule has 0 aromatic carbocycles. The van der Waals surface area contributed by atoms with Gasteiger partial charge in [-0.3, -0.25) is 24.3 Å². The number of carbonyl (C=O) groups is 1. The zero-order valence-corrected chi connectivity index (χ0v) is 17.2. The van der Waals surface area contributed by atoms with Crippen LogP contribution in [-0.2, 0) is 24.9 Å². The van der Waals surface area contributed by atoms with Crippen molar-refractivity contribution >= 4 is 5.91 Å². The van der Waals surface area contributed by atoms with Crippen molar-refractivity contribution in [2.75, 3.05) is 19.6 Å². The second kappa shape index (κ2) is 7.62. The van der Waals surface area contributed by atoms with Gasteiger partial charge < -0.3 is 4.90 Å². The van der Waals surface area contributed by atoms with Crippen LogP contribution in [0.5, 0.6) is 0 Å². The van der Waals surface area contributed by atoms with Crippen LogP contribution in [0.15, 0.2) is 18.6 Å². The molecule has 2 aromatic rings. The molecule has 2 fully saturated rings. The molecule has 1 atom stereocenters. The van der Waals surface area contributed by atoms with Gasteiger partial charge in [0.05, 0.1) is 29.8 Å². The summed E-state index contributed by atoms with van der Waals surface area (Å²) in [6.07, 6.45) is 9.71. The lowest BCUT2D eigenvalue weighted by atomic mass is 9.73. The Morgan fingerprint density at radius 2 is 1.96 bits per heavy atom. The number of rotatable bonds is 4. The number of aryl methyl sites for hydroxylation is 3. The van der Waals surface area contributed by atoms with E-state index < -0.39 is 0 Å². The first-order valence-corrected chi connectivity index (χ1v) is 10.2. The smallest absolute Gasteiger partial charge is 0.222 e. The zero-order valence-electron chi connectivity index (χ0n) is 17.2. The molecule has 7 heteroatoms. The molecular formula is C21H30N6O.